The Kier molecular flexibility index (Phi) is 5.84. The summed E-state index contributed by atoms with van der Waals surface area (Å²) >= 11 is 0. The van der Waals surface area contributed by atoms with Gasteiger partial charge in [-0.05, 0) is 42.0 Å². The van der Waals surface area contributed by atoms with Gasteiger partial charge in [0.1, 0.15) is 11.9 Å². The van der Waals surface area contributed by atoms with Gasteiger partial charge in [-0.2, -0.15) is 0 Å². The SMILES string of the molecule is COc1ccc(C(NC(=O)c2ccccc2)NC(=O)c2ccccc2)cc1. The molecule has 0 spiro atoms. The van der Waals surface area contributed by atoms with Crippen molar-refractivity contribution in [2.45, 2.75) is 6.17 Å². The molecule has 136 valence electrons. The van der Waals surface area contributed by atoms with Crippen LogP contribution in [0.25, 0.3) is 0 Å². The summed E-state index contributed by atoms with van der Waals surface area (Å²) < 4.78 is 5.18. The fourth-order valence-corrected chi connectivity index (χ4v) is 2.61. The summed E-state index contributed by atoms with van der Waals surface area (Å²) in [7, 11) is 1.58. The highest BCUT2D eigenvalue weighted by Gasteiger charge is 2.19. The Morgan fingerprint density at radius 3 is 1.56 bits per heavy atom. The zero-order valence-corrected chi connectivity index (χ0v) is 14.9. The van der Waals surface area contributed by atoms with Crippen molar-refractivity contribution in [1.82, 2.24) is 10.6 Å². The molecule has 27 heavy (non-hydrogen) atoms. The van der Waals surface area contributed by atoms with Crippen molar-refractivity contribution < 1.29 is 14.3 Å². The van der Waals surface area contributed by atoms with Gasteiger partial charge in [-0.3, -0.25) is 9.59 Å². The number of carbonyl (C=O) groups excluding carboxylic acids is 2. The lowest BCUT2D eigenvalue weighted by Gasteiger charge is -2.21. The Labute approximate surface area is 158 Å². The summed E-state index contributed by atoms with van der Waals surface area (Å²) in [6, 6.07) is 24.9. The normalized spacial score (nSPS) is 10.3. The van der Waals surface area contributed by atoms with Gasteiger partial charge in [-0.25, -0.2) is 0 Å². The minimum Gasteiger partial charge on any atom is -0.497 e. The number of carbonyl (C=O) groups is 2. The van der Waals surface area contributed by atoms with Crippen LogP contribution < -0.4 is 15.4 Å². The summed E-state index contributed by atoms with van der Waals surface area (Å²) in [6.45, 7) is 0. The molecule has 0 bridgehead atoms. The topological polar surface area (TPSA) is 67.4 Å². The van der Waals surface area contributed by atoms with Gasteiger partial charge in [0, 0.05) is 11.1 Å². The maximum atomic E-state index is 12.6. The molecule has 2 N–H and O–H groups in total. The zero-order valence-electron chi connectivity index (χ0n) is 14.9. The number of nitrogens with one attached hydrogen (secondary N) is 2. The fraction of sp³-hybridized carbons (Fsp3) is 0.0909. The van der Waals surface area contributed by atoms with Gasteiger partial charge in [0.2, 0.25) is 0 Å². The molecule has 5 nitrogen and oxygen atoms in total. The lowest BCUT2D eigenvalue weighted by molar-refractivity contribution is 0.0883. The first-order chi connectivity index (χ1) is 13.2. The summed E-state index contributed by atoms with van der Waals surface area (Å²) in [5, 5.41) is 5.75. The molecular formula is C22H20N2O3. The van der Waals surface area contributed by atoms with Crippen molar-refractivity contribution in [3.05, 3.63) is 102 Å². The van der Waals surface area contributed by atoms with Crippen LogP contribution in [0.2, 0.25) is 0 Å². The average molecular weight is 360 g/mol. The second-order valence-corrected chi connectivity index (χ2v) is 5.89. The largest absolute Gasteiger partial charge is 0.497 e. The number of methoxy groups -OCH3 is 1. The van der Waals surface area contributed by atoms with E-state index in [2.05, 4.69) is 10.6 Å². The third-order valence-corrected chi connectivity index (χ3v) is 4.07. The van der Waals surface area contributed by atoms with E-state index in [1.165, 1.54) is 0 Å². The van der Waals surface area contributed by atoms with E-state index in [1.807, 2.05) is 12.1 Å². The van der Waals surface area contributed by atoms with Crippen molar-refractivity contribution in [1.29, 1.82) is 0 Å². The molecule has 3 rings (SSSR count). The van der Waals surface area contributed by atoms with Crippen LogP contribution in [0.1, 0.15) is 32.4 Å². The summed E-state index contributed by atoms with van der Waals surface area (Å²) in [4.78, 5) is 25.2. The van der Waals surface area contributed by atoms with Crippen molar-refractivity contribution >= 4 is 11.8 Å². The molecule has 0 aromatic heterocycles. The van der Waals surface area contributed by atoms with Crippen LogP contribution in [-0.4, -0.2) is 18.9 Å². The second kappa shape index (κ2) is 8.67. The average Bonchev–Trinajstić information content (AvgIpc) is 2.74. The molecule has 0 aliphatic heterocycles. The van der Waals surface area contributed by atoms with Crippen LogP contribution in [0, 0.1) is 0 Å². The second-order valence-electron chi connectivity index (χ2n) is 5.89. The van der Waals surface area contributed by atoms with Gasteiger partial charge >= 0.3 is 0 Å². The molecular weight excluding hydrogens is 340 g/mol. The molecule has 0 aliphatic carbocycles. The van der Waals surface area contributed by atoms with E-state index in [4.69, 9.17) is 4.74 Å². The van der Waals surface area contributed by atoms with Gasteiger partial charge in [-0.1, -0.05) is 48.5 Å². The van der Waals surface area contributed by atoms with E-state index in [1.54, 1.807) is 79.9 Å². The van der Waals surface area contributed by atoms with E-state index >= 15 is 0 Å². The lowest BCUT2D eigenvalue weighted by atomic mass is 10.1. The zero-order chi connectivity index (χ0) is 19.1. The van der Waals surface area contributed by atoms with E-state index in [-0.39, 0.29) is 11.8 Å². The molecule has 3 aromatic carbocycles. The molecule has 0 aliphatic rings. The number of rotatable bonds is 6. The molecule has 2 amide bonds. The van der Waals surface area contributed by atoms with Gasteiger partial charge in [0.15, 0.2) is 0 Å². The van der Waals surface area contributed by atoms with Gasteiger partial charge in [0.25, 0.3) is 11.8 Å². The van der Waals surface area contributed by atoms with Crippen LogP contribution in [0.3, 0.4) is 0 Å². The Morgan fingerprint density at radius 1 is 0.704 bits per heavy atom. The molecule has 0 radical (unpaired) electrons. The first-order valence-corrected chi connectivity index (χ1v) is 8.53. The molecule has 0 saturated heterocycles. The number of amides is 2. The fourth-order valence-electron chi connectivity index (χ4n) is 2.61. The molecule has 3 aromatic rings. The maximum absolute atomic E-state index is 12.6. The molecule has 0 atom stereocenters. The lowest BCUT2D eigenvalue weighted by Crippen LogP contribution is -2.41. The van der Waals surface area contributed by atoms with Crippen LogP contribution in [0.4, 0.5) is 0 Å². The van der Waals surface area contributed by atoms with E-state index in [0.29, 0.717) is 16.9 Å². The summed E-state index contributed by atoms with van der Waals surface area (Å²) in [6.07, 6.45) is -0.684. The quantitative estimate of drug-likeness (QED) is 0.661. The third kappa shape index (κ3) is 4.73. The highest BCUT2D eigenvalue weighted by Crippen LogP contribution is 2.17. The number of hydrogen-bond donors (Lipinski definition) is 2. The van der Waals surface area contributed by atoms with Crippen molar-refractivity contribution in [3.63, 3.8) is 0 Å². The molecule has 5 heteroatoms. The Bertz CT molecular complexity index is 840. The third-order valence-electron chi connectivity index (χ3n) is 4.07. The predicted octanol–water partition coefficient (Wildman–Crippen LogP) is 3.55. The highest BCUT2D eigenvalue weighted by molar-refractivity contribution is 5.96. The Hall–Kier alpha value is -3.60. The van der Waals surface area contributed by atoms with Gasteiger partial charge in [0.05, 0.1) is 7.11 Å². The maximum Gasteiger partial charge on any atom is 0.253 e. The predicted molar refractivity (Wildman–Crippen MR) is 104 cm³/mol. The Morgan fingerprint density at radius 2 is 1.15 bits per heavy atom. The highest BCUT2D eigenvalue weighted by atomic mass is 16.5. The van der Waals surface area contributed by atoms with Gasteiger partial charge < -0.3 is 15.4 Å². The standard InChI is InChI=1S/C22H20N2O3/c1-27-19-14-12-16(13-15-19)20(23-21(25)17-8-4-2-5-9-17)24-22(26)18-10-6-3-7-11-18/h2-15,20H,1H3,(H,23,25)(H,24,26). The van der Waals surface area contributed by atoms with Crippen molar-refractivity contribution in [2.75, 3.05) is 7.11 Å². The first-order valence-electron chi connectivity index (χ1n) is 8.53. The van der Waals surface area contributed by atoms with Crippen molar-refractivity contribution in [2.24, 2.45) is 0 Å². The molecule has 0 heterocycles. The van der Waals surface area contributed by atoms with Crippen LogP contribution in [0.15, 0.2) is 84.9 Å². The van der Waals surface area contributed by atoms with Gasteiger partial charge in [-0.15, -0.1) is 0 Å². The molecule has 0 unspecified atom stereocenters. The molecule has 0 saturated carbocycles. The smallest absolute Gasteiger partial charge is 0.253 e. The minimum absolute atomic E-state index is 0.273. The van der Waals surface area contributed by atoms with Crippen LogP contribution >= 0.6 is 0 Å². The van der Waals surface area contributed by atoms with E-state index < -0.39 is 6.17 Å². The monoisotopic (exact) mass is 360 g/mol. The minimum atomic E-state index is -0.684. The number of hydrogen-bond acceptors (Lipinski definition) is 3. The van der Waals surface area contributed by atoms with Crippen LogP contribution in [0.5, 0.6) is 5.75 Å². The summed E-state index contributed by atoms with van der Waals surface area (Å²) in [5.74, 6) is 0.149. The summed E-state index contributed by atoms with van der Waals surface area (Å²) in [5.41, 5.74) is 1.78. The Balaban J connectivity index is 1.83. The van der Waals surface area contributed by atoms with Crippen molar-refractivity contribution in [3.8, 4) is 5.75 Å². The van der Waals surface area contributed by atoms with E-state index in [0.717, 1.165) is 5.56 Å². The van der Waals surface area contributed by atoms with Crippen LogP contribution in [-0.2, 0) is 0 Å². The number of benzene rings is 3. The molecule has 0 fully saturated rings. The van der Waals surface area contributed by atoms with E-state index in [9.17, 15) is 9.59 Å². The first kappa shape index (κ1) is 18.2. The number of ether oxygens (including phenoxy) is 1.